The van der Waals surface area contributed by atoms with E-state index in [9.17, 15) is 0 Å². The van der Waals surface area contributed by atoms with Crippen molar-refractivity contribution < 1.29 is 0 Å². The lowest BCUT2D eigenvalue weighted by atomic mass is 10.1. The van der Waals surface area contributed by atoms with Crippen LogP contribution in [0.5, 0.6) is 0 Å². The van der Waals surface area contributed by atoms with Crippen molar-refractivity contribution in [3.63, 3.8) is 0 Å². The summed E-state index contributed by atoms with van der Waals surface area (Å²) in [4.78, 5) is 1.14. The Labute approximate surface area is 105 Å². The molecule has 0 saturated carbocycles. The maximum Gasteiger partial charge on any atom is 0.195 e. The fraction of sp³-hybridized carbons (Fsp3) is 0.333. The van der Waals surface area contributed by atoms with Gasteiger partial charge >= 0.3 is 0 Å². The Morgan fingerprint density at radius 2 is 1.88 bits per heavy atom. The highest BCUT2D eigenvalue weighted by molar-refractivity contribution is 7.99. The van der Waals surface area contributed by atoms with Crippen LogP contribution in [-0.4, -0.2) is 14.8 Å². The van der Waals surface area contributed by atoms with Crippen LogP contribution < -0.4 is 5.73 Å². The van der Waals surface area contributed by atoms with E-state index in [0.29, 0.717) is 0 Å². The first kappa shape index (κ1) is 12.1. The predicted octanol–water partition coefficient (Wildman–Crippen LogP) is 2.29. The molecule has 4 nitrogen and oxygen atoms in total. The molecule has 0 radical (unpaired) electrons. The van der Waals surface area contributed by atoms with Crippen LogP contribution in [0.3, 0.4) is 0 Å². The molecule has 2 N–H and O–H groups in total. The number of benzene rings is 1. The summed E-state index contributed by atoms with van der Waals surface area (Å²) in [5.41, 5.74) is 6.95. The minimum absolute atomic E-state index is 0.0751. The van der Waals surface area contributed by atoms with Crippen LogP contribution in [0.4, 0.5) is 0 Å². The molecule has 1 atom stereocenters. The molecule has 0 fully saturated rings. The third-order valence-corrected chi connectivity index (χ3v) is 3.71. The van der Waals surface area contributed by atoms with E-state index in [1.54, 1.807) is 11.8 Å². The molecule has 1 heterocycles. The van der Waals surface area contributed by atoms with Crippen molar-refractivity contribution in [2.45, 2.75) is 29.9 Å². The average Bonchev–Trinajstić information content (AvgIpc) is 2.62. The van der Waals surface area contributed by atoms with E-state index in [1.165, 1.54) is 0 Å². The van der Waals surface area contributed by atoms with E-state index < -0.39 is 0 Å². The first-order valence-corrected chi connectivity index (χ1v) is 6.29. The van der Waals surface area contributed by atoms with Gasteiger partial charge in [-0.3, -0.25) is 0 Å². The number of rotatable bonds is 3. The van der Waals surface area contributed by atoms with Gasteiger partial charge < -0.3 is 10.3 Å². The van der Waals surface area contributed by atoms with Gasteiger partial charge in [-0.15, -0.1) is 10.2 Å². The predicted molar refractivity (Wildman–Crippen MR) is 68.9 cm³/mol. The summed E-state index contributed by atoms with van der Waals surface area (Å²) in [5.74, 6) is 0.916. The fourth-order valence-corrected chi connectivity index (χ4v) is 2.26. The van der Waals surface area contributed by atoms with Crippen molar-refractivity contribution in [2.75, 3.05) is 0 Å². The van der Waals surface area contributed by atoms with Gasteiger partial charge in [0.05, 0.1) is 0 Å². The van der Waals surface area contributed by atoms with Crippen LogP contribution in [0.15, 0.2) is 34.3 Å². The summed E-state index contributed by atoms with van der Waals surface area (Å²) < 4.78 is 1.98. The quantitative estimate of drug-likeness (QED) is 0.905. The molecule has 2 rings (SSSR count). The number of nitrogens with two attached hydrogens (primary N) is 1. The molecule has 17 heavy (non-hydrogen) atoms. The van der Waals surface area contributed by atoms with Gasteiger partial charge in [-0.1, -0.05) is 12.1 Å². The van der Waals surface area contributed by atoms with Gasteiger partial charge in [-0.25, -0.2) is 0 Å². The second kappa shape index (κ2) is 4.89. The van der Waals surface area contributed by atoms with E-state index in [1.807, 2.05) is 25.5 Å². The Bertz CT molecular complexity index is 502. The molecule has 0 saturated heterocycles. The van der Waals surface area contributed by atoms with E-state index >= 15 is 0 Å². The van der Waals surface area contributed by atoms with Crippen molar-refractivity contribution in [3.05, 3.63) is 35.7 Å². The van der Waals surface area contributed by atoms with Crippen molar-refractivity contribution in [1.82, 2.24) is 14.8 Å². The van der Waals surface area contributed by atoms with Crippen molar-refractivity contribution in [1.29, 1.82) is 0 Å². The standard InChI is InChI=1S/C12H16N4S/c1-8(13)10-4-6-11(7-5-10)17-12-15-14-9(2)16(12)3/h4-8H,13H2,1-3H3/t8-/m0/s1. The van der Waals surface area contributed by atoms with Gasteiger partial charge in [0.15, 0.2) is 5.16 Å². The number of hydrogen-bond acceptors (Lipinski definition) is 4. The lowest BCUT2D eigenvalue weighted by Gasteiger charge is -2.06. The molecule has 1 aromatic carbocycles. The zero-order chi connectivity index (χ0) is 12.4. The maximum absolute atomic E-state index is 5.81. The summed E-state index contributed by atoms with van der Waals surface area (Å²) in [6.45, 7) is 3.92. The van der Waals surface area contributed by atoms with Gasteiger partial charge in [-0.2, -0.15) is 0 Å². The van der Waals surface area contributed by atoms with Gasteiger partial charge in [-0.05, 0) is 43.3 Å². The van der Waals surface area contributed by atoms with E-state index in [0.717, 1.165) is 21.4 Å². The largest absolute Gasteiger partial charge is 0.324 e. The van der Waals surface area contributed by atoms with Gasteiger partial charge in [0.1, 0.15) is 5.82 Å². The Morgan fingerprint density at radius 3 is 2.35 bits per heavy atom. The summed E-state index contributed by atoms with van der Waals surface area (Å²) in [7, 11) is 1.97. The number of aryl methyl sites for hydroxylation is 1. The maximum atomic E-state index is 5.81. The van der Waals surface area contributed by atoms with E-state index in [-0.39, 0.29) is 6.04 Å². The molecule has 90 valence electrons. The van der Waals surface area contributed by atoms with Crippen molar-refractivity contribution in [2.24, 2.45) is 12.8 Å². The normalized spacial score (nSPS) is 12.7. The second-order valence-electron chi connectivity index (χ2n) is 4.05. The second-order valence-corrected chi connectivity index (χ2v) is 5.09. The summed E-state index contributed by atoms with van der Waals surface area (Å²) in [6, 6.07) is 8.30. The van der Waals surface area contributed by atoms with Crippen molar-refractivity contribution >= 4 is 11.8 Å². The third kappa shape index (κ3) is 2.68. The third-order valence-electron chi connectivity index (χ3n) is 2.67. The topological polar surface area (TPSA) is 56.7 Å². The lowest BCUT2D eigenvalue weighted by molar-refractivity contribution is 0.765. The van der Waals surface area contributed by atoms with Gasteiger partial charge in [0, 0.05) is 18.0 Å². The number of nitrogens with zero attached hydrogens (tertiary/aromatic N) is 3. The molecule has 0 spiro atoms. The summed E-state index contributed by atoms with van der Waals surface area (Å²) in [6.07, 6.45) is 0. The highest BCUT2D eigenvalue weighted by atomic mass is 32.2. The Kier molecular flexibility index (Phi) is 3.49. The first-order valence-electron chi connectivity index (χ1n) is 5.47. The highest BCUT2D eigenvalue weighted by Crippen LogP contribution is 2.26. The van der Waals surface area contributed by atoms with Gasteiger partial charge in [0.25, 0.3) is 0 Å². The molecule has 0 bridgehead atoms. The molecule has 2 aromatic rings. The monoisotopic (exact) mass is 248 g/mol. The van der Waals surface area contributed by atoms with Crippen LogP contribution in [0.25, 0.3) is 0 Å². The van der Waals surface area contributed by atoms with Crippen LogP contribution in [0.2, 0.25) is 0 Å². The molecular formula is C12H16N4S. The average molecular weight is 248 g/mol. The zero-order valence-electron chi connectivity index (χ0n) is 10.2. The number of aromatic nitrogens is 3. The van der Waals surface area contributed by atoms with E-state index in [2.05, 4.69) is 34.5 Å². The molecular weight excluding hydrogens is 232 g/mol. The van der Waals surface area contributed by atoms with Crippen LogP contribution in [-0.2, 0) is 7.05 Å². The molecule has 0 unspecified atom stereocenters. The summed E-state index contributed by atoms with van der Waals surface area (Å²) >= 11 is 1.60. The highest BCUT2D eigenvalue weighted by Gasteiger charge is 2.07. The molecule has 0 aliphatic heterocycles. The smallest absolute Gasteiger partial charge is 0.195 e. The van der Waals surface area contributed by atoms with Crippen molar-refractivity contribution in [3.8, 4) is 0 Å². The Balaban J connectivity index is 2.17. The van der Waals surface area contributed by atoms with Crippen LogP contribution in [0.1, 0.15) is 24.4 Å². The minimum atomic E-state index is 0.0751. The van der Waals surface area contributed by atoms with Crippen LogP contribution in [0, 0.1) is 6.92 Å². The number of hydrogen-bond donors (Lipinski definition) is 1. The first-order chi connectivity index (χ1) is 8.08. The molecule has 0 aliphatic rings. The summed E-state index contributed by atoms with van der Waals surface area (Å²) in [5, 5.41) is 9.05. The molecule has 0 amide bonds. The zero-order valence-corrected chi connectivity index (χ0v) is 11.0. The Hall–Kier alpha value is -1.33. The molecule has 1 aromatic heterocycles. The SMILES string of the molecule is Cc1nnc(Sc2ccc([C@H](C)N)cc2)n1C. The van der Waals surface area contributed by atoms with Gasteiger partial charge in [0.2, 0.25) is 0 Å². The molecule has 5 heteroatoms. The van der Waals surface area contributed by atoms with Crippen LogP contribution >= 0.6 is 11.8 Å². The van der Waals surface area contributed by atoms with E-state index in [4.69, 9.17) is 5.73 Å². The minimum Gasteiger partial charge on any atom is -0.324 e. The lowest BCUT2D eigenvalue weighted by Crippen LogP contribution is -2.04. The molecule has 0 aliphatic carbocycles. The Morgan fingerprint density at radius 1 is 1.24 bits per heavy atom. The fourth-order valence-electron chi connectivity index (χ4n) is 1.42.